The Morgan fingerprint density at radius 1 is 1.44 bits per heavy atom. The van der Waals surface area contributed by atoms with E-state index in [1.807, 2.05) is 26.0 Å². The largest absolute Gasteiger partial charge is 0.402 e. The first-order chi connectivity index (χ1) is 13.0. The zero-order valence-corrected chi connectivity index (χ0v) is 15.6. The van der Waals surface area contributed by atoms with Crippen LogP contribution in [-0.4, -0.2) is 53.5 Å². The Kier molecular flexibility index (Phi) is 5.26. The molecule has 1 aromatic carbocycles. The van der Waals surface area contributed by atoms with E-state index in [2.05, 4.69) is 11.1 Å². The summed E-state index contributed by atoms with van der Waals surface area (Å²) in [7, 11) is 0. The van der Waals surface area contributed by atoms with Crippen molar-refractivity contribution in [2.45, 2.75) is 32.4 Å². The molecule has 2 heterocycles. The molecule has 2 amide bonds. The first kappa shape index (κ1) is 18.6. The van der Waals surface area contributed by atoms with E-state index in [4.69, 9.17) is 11.0 Å². The summed E-state index contributed by atoms with van der Waals surface area (Å²) in [6.45, 7) is 5.15. The highest BCUT2D eigenvalue weighted by molar-refractivity contribution is 6.46. The zero-order valence-electron chi connectivity index (χ0n) is 15.6. The normalized spacial score (nSPS) is 21.6. The van der Waals surface area contributed by atoms with Crippen molar-refractivity contribution in [1.29, 1.82) is 5.26 Å². The first-order valence-electron chi connectivity index (χ1n) is 9.00. The van der Waals surface area contributed by atoms with E-state index in [1.165, 1.54) is 0 Å². The van der Waals surface area contributed by atoms with E-state index < -0.39 is 0 Å². The van der Waals surface area contributed by atoms with Crippen LogP contribution in [0.3, 0.4) is 0 Å². The standard InChI is InChI=1S/C20H23N5O2/c1-13-8-18(22)17(11-24(13)12-26)19-20(27)25(7-6-23-19)14(2)16-5-3-4-15(9-16)10-21/h3-5,9,12-14H,6-8,11,22H2,1-2H3/t13-,14?/m1/s1. The van der Waals surface area contributed by atoms with Crippen molar-refractivity contribution in [3.05, 3.63) is 46.7 Å². The second-order valence-corrected chi connectivity index (χ2v) is 6.98. The van der Waals surface area contributed by atoms with Crippen LogP contribution in [0, 0.1) is 11.3 Å². The van der Waals surface area contributed by atoms with Crippen molar-refractivity contribution in [3.63, 3.8) is 0 Å². The van der Waals surface area contributed by atoms with Gasteiger partial charge >= 0.3 is 0 Å². The second-order valence-electron chi connectivity index (χ2n) is 6.98. The maximum absolute atomic E-state index is 13.1. The number of benzene rings is 1. The van der Waals surface area contributed by atoms with Gasteiger partial charge in [-0.05, 0) is 31.5 Å². The van der Waals surface area contributed by atoms with Crippen LogP contribution in [0.1, 0.15) is 37.4 Å². The summed E-state index contributed by atoms with van der Waals surface area (Å²) in [6.07, 6.45) is 1.32. The van der Waals surface area contributed by atoms with Crippen LogP contribution in [0.4, 0.5) is 0 Å². The van der Waals surface area contributed by atoms with E-state index in [1.54, 1.807) is 21.9 Å². The number of hydrogen-bond donors (Lipinski definition) is 1. The van der Waals surface area contributed by atoms with Gasteiger partial charge in [0.1, 0.15) is 5.71 Å². The Hall–Kier alpha value is -3.14. The number of rotatable bonds is 4. The molecule has 2 N–H and O–H groups in total. The van der Waals surface area contributed by atoms with E-state index in [0.717, 1.165) is 12.0 Å². The average molecular weight is 365 g/mol. The quantitative estimate of drug-likeness (QED) is 0.814. The fourth-order valence-corrected chi connectivity index (χ4v) is 3.58. The minimum Gasteiger partial charge on any atom is -0.402 e. The lowest BCUT2D eigenvalue weighted by Crippen LogP contribution is -2.48. The van der Waals surface area contributed by atoms with E-state index >= 15 is 0 Å². The monoisotopic (exact) mass is 365 g/mol. The molecule has 27 heavy (non-hydrogen) atoms. The fourth-order valence-electron chi connectivity index (χ4n) is 3.58. The van der Waals surface area contributed by atoms with Crippen molar-refractivity contribution in [2.24, 2.45) is 10.7 Å². The van der Waals surface area contributed by atoms with Crippen molar-refractivity contribution >= 4 is 18.0 Å². The summed E-state index contributed by atoms with van der Waals surface area (Å²) in [4.78, 5) is 32.3. The molecule has 2 atom stereocenters. The Morgan fingerprint density at radius 2 is 2.22 bits per heavy atom. The van der Waals surface area contributed by atoms with E-state index in [0.29, 0.717) is 48.6 Å². The molecule has 2 aliphatic rings. The summed E-state index contributed by atoms with van der Waals surface area (Å²) in [5.41, 5.74) is 9.28. The molecule has 0 aromatic heterocycles. The molecule has 1 aromatic rings. The van der Waals surface area contributed by atoms with Gasteiger partial charge in [-0.3, -0.25) is 14.6 Å². The highest BCUT2D eigenvalue weighted by atomic mass is 16.2. The van der Waals surface area contributed by atoms with Gasteiger partial charge in [0.25, 0.3) is 5.91 Å². The summed E-state index contributed by atoms with van der Waals surface area (Å²) < 4.78 is 0. The van der Waals surface area contributed by atoms with Crippen LogP contribution in [0.25, 0.3) is 0 Å². The smallest absolute Gasteiger partial charge is 0.272 e. The predicted octanol–water partition coefficient (Wildman–Crippen LogP) is 1.37. The molecule has 0 saturated carbocycles. The number of carbonyl (C=O) groups is 2. The van der Waals surface area contributed by atoms with E-state index in [9.17, 15) is 9.59 Å². The van der Waals surface area contributed by atoms with Crippen LogP contribution in [0.15, 0.2) is 40.5 Å². The minimum absolute atomic E-state index is 0.00860. The first-order valence-corrected chi connectivity index (χ1v) is 9.00. The van der Waals surface area contributed by atoms with Gasteiger partial charge in [-0.25, -0.2) is 0 Å². The van der Waals surface area contributed by atoms with Gasteiger partial charge in [0.15, 0.2) is 0 Å². The minimum atomic E-state index is -0.192. The third-order valence-corrected chi connectivity index (χ3v) is 5.27. The lowest BCUT2D eigenvalue weighted by atomic mass is 9.95. The number of carbonyl (C=O) groups excluding carboxylic acids is 2. The summed E-state index contributed by atoms with van der Waals surface area (Å²) in [6, 6.07) is 9.21. The van der Waals surface area contributed by atoms with Crippen molar-refractivity contribution in [1.82, 2.24) is 9.80 Å². The van der Waals surface area contributed by atoms with Crippen molar-refractivity contribution in [3.8, 4) is 6.07 Å². The molecule has 2 aliphatic heterocycles. The molecule has 7 heteroatoms. The molecule has 0 radical (unpaired) electrons. The molecule has 7 nitrogen and oxygen atoms in total. The van der Waals surface area contributed by atoms with Gasteiger partial charge in [-0.2, -0.15) is 5.26 Å². The highest BCUT2D eigenvalue weighted by Crippen LogP contribution is 2.26. The SMILES string of the molecule is CC(c1cccc(C#N)c1)N1CCN=C(C2=C(N)C[C@@H](C)N(C=O)C2)C1=O. The van der Waals surface area contributed by atoms with Crippen LogP contribution in [-0.2, 0) is 9.59 Å². The third kappa shape index (κ3) is 3.56. The lowest BCUT2D eigenvalue weighted by Gasteiger charge is -2.36. The van der Waals surface area contributed by atoms with Gasteiger partial charge in [0.05, 0.1) is 24.2 Å². The molecule has 140 valence electrons. The Bertz CT molecular complexity index is 867. The Morgan fingerprint density at radius 3 is 2.93 bits per heavy atom. The number of aliphatic imine (C=N–C) groups is 1. The number of nitrogens with two attached hydrogens (primary N) is 1. The summed E-state index contributed by atoms with van der Waals surface area (Å²) >= 11 is 0. The molecule has 0 fully saturated rings. The fraction of sp³-hybridized carbons (Fsp3) is 0.400. The van der Waals surface area contributed by atoms with Crippen LogP contribution in [0.5, 0.6) is 0 Å². The molecule has 3 rings (SSSR count). The third-order valence-electron chi connectivity index (χ3n) is 5.27. The van der Waals surface area contributed by atoms with Gasteiger partial charge in [-0.1, -0.05) is 12.1 Å². The summed E-state index contributed by atoms with van der Waals surface area (Å²) in [5.74, 6) is -0.186. The highest BCUT2D eigenvalue weighted by Gasteiger charge is 2.34. The van der Waals surface area contributed by atoms with Crippen LogP contribution >= 0.6 is 0 Å². The molecular formula is C20H23N5O2. The maximum Gasteiger partial charge on any atom is 0.272 e. The summed E-state index contributed by atoms with van der Waals surface area (Å²) in [5, 5.41) is 9.11. The molecule has 0 bridgehead atoms. The Labute approximate surface area is 158 Å². The number of amides is 2. The van der Waals surface area contributed by atoms with Crippen LogP contribution < -0.4 is 5.73 Å². The number of nitrogens with zero attached hydrogens (tertiary/aromatic N) is 4. The predicted molar refractivity (Wildman–Crippen MR) is 102 cm³/mol. The average Bonchev–Trinajstić information content (AvgIpc) is 2.68. The molecule has 0 saturated heterocycles. The van der Waals surface area contributed by atoms with E-state index in [-0.39, 0.29) is 18.0 Å². The topological polar surface area (TPSA) is 103 Å². The number of hydrogen-bond acceptors (Lipinski definition) is 5. The molecule has 1 unspecified atom stereocenters. The molecule has 0 aliphatic carbocycles. The van der Waals surface area contributed by atoms with Crippen molar-refractivity contribution in [2.75, 3.05) is 19.6 Å². The molecular weight excluding hydrogens is 342 g/mol. The van der Waals surface area contributed by atoms with Gasteiger partial charge in [0.2, 0.25) is 6.41 Å². The van der Waals surface area contributed by atoms with Gasteiger partial charge < -0.3 is 15.5 Å². The van der Waals surface area contributed by atoms with Gasteiger partial charge in [0, 0.05) is 36.8 Å². The maximum atomic E-state index is 13.1. The lowest BCUT2D eigenvalue weighted by molar-refractivity contribution is -0.126. The second kappa shape index (κ2) is 7.62. The zero-order chi connectivity index (χ0) is 19.6. The van der Waals surface area contributed by atoms with Crippen LogP contribution in [0.2, 0.25) is 0 Å². The number of nitriles is 1. The molecule has 0 spiro atoms. The van der Waals surface area contributed by atoms with Gasteiger partial charge in [-0.15, -0.1) is 0 Å². The Balaban J connectivity index is 1.87. The van der Waals surface area contributed by atoms with Crippen molar-refractivity contribution < 1.29 is 9.59 Å².